The SMILES string of the molecule is O=[N+]([O-])c1cnc(Nc2ccc(OC3CCCC3)cc2)nc1. The molecule has 3 rings (SSSR count). The third-order valence-electron chi connectivity index (χ3n) is 3.56. The van der Waals surface area contributed by atoms with Crippen LogP contribution in [-0.2, 0) is 0 Å². The molecule has 114 valence electrons. The molecule has 0 spiro atoms. The number of anilines is 2. The van der Waals surface area contributed by atoms with Crippen molar-refractivity contribution in [2.75, 3.05) is 5.32 Å². The molecule has 1 aliphatic rings. The number of rotatable bonds is 5. The van der Waals surface area contributed by atoms with Gasteiger partial charge in [-0.2, -0.15) is 0 Å². The molecule has 1 heterocycles. The number of benzene rings is 1. The quantitative estimate of drug-likeness (QED) is 0.672. The van der Waals surface area contributed by atoms with E-state index in [1.807, 2.05) is 24.3 Å². The lowest BCUT2D eigenvalue weighted by molar-refractivity contribution is -0.385. The summed E-state index contributed by atoms with van der Waals surface area (Å²) in [4.78, 5) is 17.8. The van der Waals surface area contributed by atoms with Crippen LogP contribution in [0.3, 0.4) is 0 Å². The van der Waals surface area contributed by atoms with E-state index in [9.17, 15) is 10.1 Å². The van der Waals surface area contributed by atoms with E-state index in [1.54, 1.807) is 0 Å². The van der Waals surface area contributed by atoms with Crippen LogP contribution in [0.5, 0.6) is 5.75 Å². The van der Waals surface area contributed by atoms with Gasteiger partial charge in [-0.1, -0.05) is 0 Å². The van der Waals surface area contributed by atoms with E-state index >= 15 is 0 Å². The largest absolute Gasteiger partial charge is 0.490 e. The normalized spacial score (nSPS) is 14.7. The molecule has 7 nitrogen and oxygen atoms in total. The van der Waals surface area contributed by atoms with Crippen molar-refractivity contribution in [2.45, 2.75) is 31.8 Å². The van der Waals surface area contributed by atoms with Crippen LogP contribution in [0.2, 0.25) is 0 Å². The average Bonchev–Trinajstić information content (AvgIpc) is 3.03. The zero-order valence-corrected chi connectivity index (χ0v) is 11.9. The Balaban J connectivity index is 1.61. The van der Waals surface area contributed by atoms with E-state index in [1.165, 1.54) is 25.2 Å². The molecule has 7 heteroatoms. The number of nitro groups is 1. The lowest BCUT2D eigenvalue weighted by Crippen LogP contribution is -2.10. The summed E-state index contributed by atoms with van der Waals surface area (Å²) in [5.74, 6) is 1.16. The number of ether oxygens (including phenoxy) is 1. The van der Waals surface area contributed by atoms with E-state index in [2.05, 4.69) is 15.3 Å². The van der Waals surface area contributed by atoms with E-state index in [0.717, 1.165) is 24.3 Å². The van der Waals surface area contributed by atoms with Crippen LogP contribution in [0, 0.1) is 10.1 Å². The molecule has 1 aromatic carbocycles. The Morgan fingerprint density at radius 1 is 1.14 bits per heavy atom. The minimum absolute atomic E-state index is 0.133. The average molecular weight is 300 g/mol. The zero-order chi connectivity index (χ0) is 15.4. The van der Waals surface area contributed by atoms with Gasteiger partial charge in [-0.3, -0.25) is 10.1 Å². The highest BCUT2D eigenvalue weighted by Crippen LogP contribution is 2.25. The van der Waals surface area contributed by atoms with Gasteiger partial charge in [-0.25, -0.2) is 9.97 Å². The number of hydrogen-bond acceptors (Lipinski definition) is 6. The maximum Gasteiger partial charge on any atom is 0.305 e. The molecular weight excluding hydrogens is 284 g/mol. The third kappa shape index (κ3) is 3.49. The summed E-state index contributed by atoms with van der Waals surface area (Å²) in [6, 6.07) is 7.53. The monoisotopic (exact) mass is 300 g/mol. The number of nitrogens with zero attached hydrogens (tertiary/aromatic N) is 3. The standard InChI is InChI=1S/C15H16N4O3/c20-19(21)12-9-16-15(17-10-12)18-11-5-7-14(8-6-11)22-13-3-1-2-4-13/h5-10,13H,1-4H2,(H,16,17,18). The van der Waals surface area contributed by atoms with Gasteiger partial charge in [0.1, 0.15) is 18.1 Å². The molecule has 0 aliphatic heterocycles. The zero-order valence-electron chi connectivity index (χ0n) is 11.9. The van der Waals surface area contributed by atoms with Gasteiger partial charge in [0.05, 0.1) is 11.0 Å². The number of aromatic nitrogens is 2. The van der Waals surface area contributed by atoms with Crippen LogP contribution >= 0.6 is 0 Å². The van der Waals surface area contributed by atoms with Gasteiger partial charge in [0.2, 0.25) is 5.95 Å². The first-order valence-corrected chi connectivity index (χ1v) is 7.21. The van der Waals surface area contributed by atoms with Crippen molar-refractivity contribution in [1.82, 2.24) is 9.97 Å². The first-order valence-electron chi connectivity index (χ1n) is 7.21. The van der Waals surface area contributed by atoms with E-state index in [-0.39, 0.29) is 5.69 Å². The molecular formula is C15H16N4O3. The molecule has 1 saturated carbocycles. The molecule has 1 N–H and O–H groups in total. The maximum absolute atomic E-state index is 10.5. The summed E-state index contributed by atoms with van der Waals surface area (Å²) < 4.78 is 5.89. The highest BCUT2D eigenvalue weighted by atomic mass is 16.6. The van der Waals surface area contributed by atoms with E-state index in [4.69, 9.17) is 4.74 Å². The smallest absolute Gasteiger partial charge is 0.305 e. The fourth-order valence-corrected chi connectivity index (χ4v) is 2.42. The van der Waals surface area contributed by atoms with Crippen LogP contribution in [-0.4, -0.2) is 21.0 Å². The summed E-state index contributed by atoms with van der Waals surface area (Å²) in [5.41, 5.74) is 0.665. The van der Waals surface area contributed by atoms with Crippen LogP contribution in [0.1, 0.15) is 25.7 Å². The highest BCUT2D eigenvalue weighted by molar-refractivity contribution is 5.54. The minimum Gasteiger partial charge on any atom is -0.490 e. The second-order valence-corrected chi connectivity index (χ2v) is 5.20. The molecule has 1 fully saturated rings. The molecule has 1 aliphatic carbocycles. The Morgan fingerprint density at radius 2 is 1.77 bits per heavy atom. The number of hydrogen-bond donors (Lipinski definition) is 1. The van der Waals surface area contributed by atoms with Gasteiger partial charge in [-0.15, -0.1) is 0 Å². The summed E-state index contributed by atoms with van der Waals surface area (Å²) in [7, 11) is 0. The Labute approximate surface area is 127 Å². The van der Waals surface area contributed by atoms with Crippen LogP contribution in [0.15, 0.2) is 36.7 Å². The van der Waals surface area contributed by atoms with Crippen LogP contribution in [0.4, 0.5) is 17.3 Å². The van der Waals surface area contributed by atoms with Crippen molar-refractivity contribution < 1.29 is 9.66 Å². The Bertz CT molecular complexity index is 637. The topological polar surface area (TPSA) is 90.2 Å². The predicted molar refractivity (Wildman–Crippen MR) is 81.3 cm³/mol. The molecule has 22 heavy (non-hydrogen) atoms. The first-order chi connectivity index (χ1) is 10.7. The van der Waals surface area contributed by atoms with Crippen molar-refractivity contribution >= 4 is 17.3 Å². The van der Waals surface area contributed by atoms with Crippen LogP contribution < -0.4 is 10.1 Å². The van der Waals surface area contributed by atoms with Crippen molar-refractivity contribution in [3.05, 3.63) is 46.8 Å². The maximum atomic E-state index is 10.5. The summed E-state index contributed by atoms with van der Waals surface area (Å²) >= 11 is 0. The fraction of sp³-hybridized carbons (Fsp3) is 0.333. The molecule has 0 unspecified atom stereocenters. The minimum atomic E-state index is -0.529. The second kappa shape index (κ2) is 6.38. The Hall–Kier alpha value is -2.70. The van der Waals surface area contributed by atoms with Gasteiger partial charge in [-0.05, 0) is 49.9 Å². The van der Waals surface area contributed by atoms with Crippen LogP contribution in [0.25, 0.3) is 0 Å². The first kappa shape index (κ1) is 14.2. The summed E-state index contributed by atoms with van der Waals surface area (Å²) in [6.45, 7) is 0. The molecule has 0 atom stereocenters. The Morgan fingerprint density at radius 3 is 2.36 bits per heavy atom. The van der Waals surface area contributed by atoms with Gasteiger partial charge in [0.15, 0.2) is 0 Å². The van der Waals surface area contributed by atoms with Crippen molar-refractivity contribution in [3.8, 4) is 5.75 Å². The van der Waals surface area contributed by atoms with Gasteiger partial charge in [0.25, 0.3) is 0 Å². The molecule has 0 bridgehead atoms. The molecule has 1 aromatic heterocycles. The summed E-state index contributed by atoms with van der Waals surface area (Å²) in [6.07, 6.45) is 7.40. The third-order valence-corrected chi connectivity index (χ3v) is 3.56. The van der Waals surface area contributed by atoms with Crippen molar-refractivity contribution in [3.63, 3.8) is 0 Å². The molecule has 0 radical (unpaired) electrons. The van der Waals surface area contributed by atoms with E-state index in [0.29, 0.717) is 12.1 Å². The number of nitrogens with one attached hydrogen (secondary N) is 1. The summed E-state index contributed by atoms with van der Waals surface area (Å²) in [5, 5.41) is 13.5. The predicted octanol–water partition coefficient (Wildman–Crippen LogP) is 3.45. The lowest BCUT2D eigenvalue weighted by Gasteiger charge is -2.13. The second-order valence-electron chi connectivity index (χ2n) is 5.20. The molecule has 2 aromatic rings. The fourth-order valence-electron chi connectivity index (χ4n) is 2.42. The molecule has 0 saturated heterocycles. The van der Waals surface area contributed by atoms with Crippen molar-refractivity contribution in [2.24, 2.45) is 0 Å². The van der Waals surface area contributed by atoms with Crippen molar-refractivity contribution in [1.29, 1.82) is 0 Å². The van der Waals surface area contributed by atoms with Gasteiger partial charge >= 0.3 is 5.69 Å². The van der Waals surface area contributed by atoms with Gasteiger partial charge < -0.3 is 10.1 Å². The van der Waals surface area contributed by atoms with E-state index < -0.39 is 4.92 Å². The van der Waals surface area contributed by atoms with Gasteiger partial charge in [0, 0.05) is 5.69 Å². The lowest BCUT2D eigenvalue weighted by atomic mass is 10.3. The highest BCUT2D eigenvalue weighted by Gasteiger charge is 2.16. The Kier molecular flexibility index (Phi) is 4.13. The molecule has 0 amide bonds.